The van der Waals surface area contributed by atoms with Crippen LogP contribution < -0.4 is 0 Å². The molecule has 0 atom stereocenters. The van der Waals surface area contributed by atoms with Crippen LogP contribution in [0.25, 0.3) is 17.4 Å². The SMILES string of the molecule is CC1=C(C#N)C(=O)N(C)C(=O)/C1=C/c1ccc(-c2ccc(Br)cc2C(=O)OC(C)C)o1. The molecule has 0 aliphatic carbocycles. The van der Waals surface area contributed by atoms with Gasteiger partial charge in [0.15, 0.2) is 0 Å². The molecule has 2 amide bonds. The topological polar surface area (TPSA) is 101 Å². The fourth-order valence-electron chi connectivity index (χ4n) is 3.09. The van der Waals surface area contributed by atoms with Gasteiger partial charge in [-0.25, -0.2) is 4.79 Å². The van der Waals surface area contributed by atoms with E-state index >= 15 is 0 Å². The summed E-state index contributed by atoms with van der Waals surface area (Å²) in [5, 5.41) is 9.27. The van der Waals surface area contributed by atoms with Gasteiger partial charge in [0.05, 0.1) is 11.7 Å². The zero-order chi connectivity index (χ0) is 22.9. The van der Waals surface area contributed by atoms with Crippen molar-refractivity contribution in [3.8, 4) is 17.4 Å². The van der Waals surface area contributed by atoms with Crippen molar-refractivity contribution in [3.05, 3.63) is 62.8 Å². The first-order chi connectivity index (χ1) is 14.6. The molecule has 1 aliphatic heterocycles. The number of ether oxygens (including phenoxy) is 1. The molecule has 3 rings (SSSR count). The summed E-state index contributed by atoms with van der Waals surface area (Å²) in [5.74, 6) is -0.897. The largest absolute Gasteiger partial charge is 0.459 e. The average Bonchev–Trinajstić information content (AvgIpc) is 3.18. The Balaban J connectivity index is 2.05. The van der Waals surface area contributed by atoms with E-state index in [0.29, 0.717) is 32.7 Å². The highest BCUT2D eigenvalue weighted by atomic mass is 79.9. The van der Waals surface area contributed by atoms with Gasteiger partial charge in [0.1, 0.15) is 23.2 Å². The van der Waals surface area contributed by atoms with Gasteiger partial charge in [-0.2, -0.15) is 5.26 Å². The van der Waals surface area contributed by atoms with Gasteiger partial charge in [0.25, 0.3) is 11.8 Å². The van der Waals surface area contributed by atoms with Crippen molar-refractivity contribution in [1.82, 2.24) is 4.90 Å². The van der Waals surface area contributed by atoms with E-state index < -0.39 is 17.8 Å². The standard InChI is InChI=1S/C23H19BrN2O5/c1-12(2)30-23(29)18-9-14(24)5-7-16(18)20-8-6-15(31-20)10-17-13(3)19(11-25)22(28)26(4)21(17)27/h5-10,12H,1-4H3/b17-10+. The number of furan rings is 1. The number of rotatable bonds is 4. The number of halogens is 1. The van der Waals surface area contributed by atoms with E-state index in [0.717, 1.165) is 4.90 Å². The third-order valence-corrected chi connectivity index (χ3v) is 5.16. The van der Waals surface area contributed by atoms with Crippen LogP contribution in [-0.2, 0) is 14.3 Å². The molecule has 1 aliphatic rings. The van der Waals surface area contributed by atoms with Crippen LogP contribution in [0.15, 0.2) is 55.9 Å². The molecular formula is C23H19BrN2O5. The number of hydrogen-bond donors (Lipinski definition) is 0. The van der Waals surface area contributed by atoms with Crippen molar-refractivity contribution in [2.75, 3.05) is 7.05 Å². The first kappa shape index (κ1) is 22.2. The second-order valence-corrected chi connectivity index (χ2v) is 8.10. The number of likely N-dealkylation sites (N-methyl/N-ethyl adjacent to an activating group) is 1. The maximum Gasteiger partial charge on any atom is 0.339 e. The Kier molecular flexibility index (Phi) is 6.27. The first-order valence-electron chi connectivity index (χ1n) is 9.40. The summed E-state index contributed by atoms with van der Waals surface area (Å²) in [7, 11) is 1.32. The molecule has 7 nitrogen and oxygen atoms in total. The number of carbonyl (C=O) groups is 3. The Morgan fingerprint density at radius 1 is 1.23 bits per heavy atom. The van der Waals surface area contributed by atoms with Crippen LogP contribution in [0, 0.1) is 11.3 Å². The molecule has 0 fully saturated rings. The van der Waals surface area contributed by atoms with Gasteiger partial charge in [-0.05, 0) is 62.8 Å². The highest BCUT2D eigenvalue weighted by Crippen LogP contribution is 2.31. The quantitative estimate of drug-likeness (QED) is 0.361. The normalized spacial score (nSPS) is 15.6. The molecule has 8 heteroatoms. The Hall–Kier alpha value is -3.44. The lowest BCUT2D eigenvalue weighted by molar-refractivity contribution is -0.138. The predicted octanol–water partition coefficient (Wildman–Crippen LogP) is 4.50. The van der Waals surface area contributed by atoms with E-state index in [1.54, 1.807) is 51.1 Å². The van der Waals surface area contributed by atoms with Crippen molar-refractivity contribution in [1.29, 1.82) is 5.26 Å². The number of carbonyl (C=O) groups excluding carboxylic acids is 3. The highest BCUT2D eigenvalue weighted by Gasteiger charge is 2.33. The molecule has 0 bridgehead atoms. The summed E-state index contributed by atoms with van der Waals surface area (Å²) in [4.78, 5) is 38.1. The fourth-order valence-corrected chi connectivity index (χ4v) is 3.45. The van der Waals surface area contributed by atoms with Gasteiger partial charge in [0.2, 0.25) is 0 Å². The molecule has 0 unspecified atom stereocenters. The summed E-state index contributed by atoms with van der Waals surface area (Å²) in [6.07, 6.45) is 1.20. The highest BCUT2D eigenvalue weighted by molar-refractivity contribution is 9.10. The van der Waals surface area contributed by atoms with Crippen molar-refractivity contribution in [3.63, 3.8) is 0 Å². The minimum absolute atomic E-state index is 0.0910. The molecule has 2 heterocycles. The molecule has 158 valence electrons. The Morgan fingerprint density at radius 2 is 1.94 bits per heavy atom. The van der Waals surface area contributed by atoms with E-state index in [1.165, 1.54) is 13.1 Å². The van der Waals surface area contributed by atoms with Crippen LogP contribution in [0.5, 0.6) is 0 Å². The van der Waals surface area contributed by atoms with Crippen molar-refractivity contribution in [2.45, 2.75) is 26.9 Å². The summed E-state index contributed by atoms with van der Waals surface area (Å²) >= 11 is 3.36. The van der Waals surface area contributed by atoms with E-state index in [9.17, 15) is 19.6 Å². The molecule has 0 spiro atoms. The van der Waals surface area contributed by atoms with E-state index in [-0.39, 0.29) is 17.3 Å². The lowest BCUT2D eigenvalue weighted by Gasteiger charge is -2.23. The Labute approximate surface area is 187 Å². The number of amides is 2. The van der Waals surface area contributed by atoms with Gasteiger partial charge in [-0.3, -0.25) is 14.5 Å². The Morgan fingerprint density at radius 3 is 2.58 bits per heavy atom. The van der Waals surface area contributed by atoms with Crippen molar-refractivity contribution >= 4 is 39.8 Å². The smallest absolute Gasteiger partial charge is 0.339 e. The second-order valence-electron chi connectivity index (χ2n) is 7.19. The summed E-state index contributed by atoms with van der Waals surface area (Å²) in [6.45, 7) is 5.08. The minimum atomic E-state index is -0.634. The van der Waals surface area contributed by atoms with Crippen LogP contribution >= 0.6 is 15.9 Å². The average molecular weight is 483 g/mol. The number of nitrogens with zero attached hydrogens (tertiary/aromatic N) is 2. The van der Waals surface area contributed by atoms with Crippen LogP contribution in [0.4, 0.5) is 0 Å². The zero-order valence-electron chi connectivity index (χ0n) is 17.4. The lowest BCUT2D eigenvalue weighted by Crippen LogP contribution is -2.39. The number of nitriles is 1. The van der Waals surface area contributed by atoms with Crippen molar-refractivity contribution < 1.29 is 23.5 Å². The second kappa shape index (κ2) is 8.74. The van der Waals surface area contributed by atoms with Gasteiger partial charge in [-0.15, -0.1) is 0 Å². The third-order valence-electron chi connectivity index (χ3n) is 4.67. The summed E-state index contributed by atoms with van der Waals surface area (Å²) in [6, 6.07) is 10.3. The number of hydrogen-bond acceptors (Lipinski definition) is 6. The minimum Gasteiger partial charge on any atom is -0.459 e. The fraction of sp³-hybridized carbons (Fsp3) is 0.217. The molecule has 2 aromatic rings. The third kappa shape index (κ3) is 4.37. The lowest BCUT2D eigenvalue weighted by atomic mass is 9.95. The molecule has 31 heavy (non-hydrogen) atoms. The number of benzene rings is 1. The van der Waals surface area contributed by atoms with E-state index in [4.69, 9.17) is 9.15 Å². The molecule has 0 saturated heterocycles. The first-order valence-corrected chi connectivity index (χ1v) is 10.2. The van der Waals surface area contributed by atoms with Crippen molar-refractivity contribution in [2.24, 2.45) is 0 Å². The van der Waals surface area contributed by atoms with Gasteiger partial charge in [0, 0.05) is 22.7 Å². The monoisotopic (exact) mass is 482 g/mol. The molecule has 0 radical (unpaired) electrons. The molecule has 0 N–H and O–H groups in total. The van der Waals surface area contributed by atoms with E-state index in [1.807, 2.05) is 6.07 Å². The molecule has 1 aromatic heterocycles. The number of esters is 1. The molecule has 1 aromatic carbocycles. The number of imide groups is 1. The molecular weight excluding hydrogens is 464 g/mol. The maximum atomic E-state index is 12.6. The maximum absolute atomic E-state index is 12.6. The van der Waals surface area contributed by atoms with Gasteiger partial charge >= 0.3 is 5.97 Å². The van der Waals surface area contributed by atoms with E-state index in [2.05, 4.69) is 15.9 Å². The summed E-state index contributed by atoms with van der Waals surface area (Å²) < 4.78 is 11.9. The summed E-state index contributed by atoms with van der Waals surface area (Å²) in [5.41, 5.74) is 1.25. The predicted molar refractivity (Wildman–Crippen MR) is 116 cm³/mol. The van der Waals surface area contributed by atoms with Crippen LogP contribution in [0.1, 0.15) is 36.9 Å². The zero-order valence-corrected chi connectivity index (χ0v) is 18.9. The molecule has 0 saturated carbocycles. The van der Waals surface area contributed by atoms with Crippen LogP contribution in [0.3, 0.4) is 0 Å². The van der Waals surface area contributed by atoms with Gasteiger partial charge in [-0.1, -0.05) is 15.9 Å². The Bertz CT molecular complexity index is 1200. The van der Waals surface area contributed by atoms with Gasteiger partial charge < -0.3 is 9.15 Å². The van der Waals surface area contributed by atoms with Crippen LogP contribution in [0.2, 0.25) is 0 Å². The van der Waals surface area contributed by atoms with Crippen LogP contribution in [-0.4, -0.2) is 35.8 Å².